The molecule has 3 aromatic rings. The Balaban J connectivity index is 1.85. The minimum atomic E-state index is 0.629. The number of hydrogen-bond acceptors (Lipinski definition) is 3. The van der Waals surface area contributed by atoms with Gasteiger partial charge >= 0.3 is 0 Å². The van der Waals surface area contributed by atoms with Crippen molar-refractivity contribution in [1.29, 1.82) is 0 Å². The summed E-state index contributed by atoms with van der Waals surface area (Å²) in [4.78, 5) is 5.73. The fourth-order valence-corrected chi connectivity index (χ4v) is 3.15. The van der Waals surface area contributed by atoms with Crippen LogP contribution < -0.4 is 5.73 Å². The van der Waals surface area contributed by atoms with Gasteiger partial charge in [-0.2, -0.15) is 0 Å². The number of aryl methyl sites for hydroxylation is 1. The maximum atomic E-state index is 6.06. The Hall–Kier alpha value is -2.00. The second-order valence-electron chi connectivity index (χ2n) is 4.83. The molecular formula is C17H16N2S. The van der Waals surface area contributed by atoms with E-state index in [4.69, 9.17) is 5.73 Å². The molecule has 1 aromatic heterocycles. The van der Waals surface area contributed by atoms with Crippen LogP contribution in [-0.4, -0.2) is 4.98 Å². The number of thioether (sulfide) groups is 1. The number of pyridine rings is 1. The lowest BCUT2D eigenvalue weighted by Crippen LogP contribution is -1.97. The number of fused-ring (bicyclic) bond motifs is 1. The molecule has 1 heterocycles. The fraction of sp³-hybridized carbons (Fsp3) is 0.118. The lowest BCUT2D eigenvalue weighted by atomic mass is 10.1. The SMILES string of the molecule is Cc1cccc(SCc2cc3ccccc3nc2N)c1. The third-order valence-electron chi connectivity index (χ3n) is 3.22. The molecule has 3 rings (SSSR count). The molecule has 0 spiro atoms. The van der Waals surface area contributed by atoms with Gasteiger partial charge in [0.2, 0.25) is 0 Å². The summed E-state index contributed by atoms with van der Waals surface area (Å²) in [7, 11) is 0. The Morgan fingerprint density at radius 2 is 1.90 bits per heavy atom. The van der Waals surface area contributed by atoms with Crippen LogP contribution in [0.4, 0.5) is 5.82 Å². The van der Waals surface area contributed by atoms with Crippen molar-refractivity contribution >= 4 is 28.5 Å². The average Bonchev–Trinajstić information content (AvgIpc) is 2.45. The molecule has 0 amide bonds. The molecule has 0 fully saturated rings. The van der Waals surface area contributed by atoms with Gasteiger partial charge in [-0.05, 0) is 31.2 Å². The van der Waals surface area contributed by atoms with Crippen molar-refractivity contribution in [3.05, 3.63) is 65.7 Å². The third-order valence-corrected chi connectivity index (χ3v) is 4.26. The van der Waals surface area contributed by atoms with Gasteiger partial charge in [0.1, 0.15) is 5.82 Å². The number of para-hydroxylation sites is 1. The molecule has 0 unspecified atom stereocenters. The Morgan fingerprint density at radius 3 is 2.75 bits per heavy atom. The van der Waals surface area contributed by atoms with E-state index in [9.17, 15) is 0 Å². The first-order valence-electron chi connectivity index (χ1n) is 6.56. The van der Waals surface area contributed by atoms with E-state index in [0.717, 1.165) is 22.2 Å². The molecule has 2 nitrogen and oxygen atoms in total. The minimum absolute atomic E-state index is 0.629. The normalized spacial score (nSPS) is 10.8. The van der Waals surface area contributed by atoms with Gasteiger partial charge < -0.3 is 5.73 Å². The predicted octanol–water partition coefficient (Wildman–Crippen LogP) is 4.42. The second kappa shape index (κ2) is 5.55. The maximum Gasteiger partial charge on any atom is 0.128 e. The van der Waals surface area contributed by atoms with Gasteiger partial charge in [0.15, 0.2) is 0 Å². The van der Waals surface area contributed by atoms with Crippen LogP contribution in [0, 0.1) is 6.92 Å². The zero-order valence-electron chi connectivity index (χ0n) is 11.3. The van der Waals surface area contributed by atoms with Gasteiger partial charge in [0.25, 0.3) is 0 Å². The highest BCUT2D eigenvalue weighted by atomic mass is 32.2. The van der Waals surface area contributed by atoms with Crippen LogP contribution in [0.15, 0.2) is 59.5 Å². The first-order chi connectivity index (χ1) is 9.72. The number of benzene rings is 2. The second-order valence-corrected chi connectivity index (χ2v) is 5.88. The van der Waals surface area contributed by atoms with E-state index in [1.807, 2.05) is 18.2 Å². The Bertz CT molecular complexity index is 753. The zero-order valence-corrected chi connectivity index (χ0v) is 12.2. The highest BCUT2D eigenvalue weighted by Crippen LogP contribution is 2.27. The van der Waals surface area contributed by atoms with E-state index in [1.54, 1.807) is 11.8 Å². The summed E-state index contributed by atoms with van der Waals surface area (Å²) in [5.41, 5.74) is 9.38. The molecule has 0 saturated heterocycles. The summed E-state index contributed by atoms with van der Waals surface area (Å²) in [6.45, 7) is 2.11. The van der Waals surface area contributed by atoms with Crippen molar-refractivity contribution in [2.75, 3.05) is 5.73 Å². The van der Waals surface area contributed by atoms with Gasteiger partial charge in [0, 0.05) is 21.6 Å². The van der Waals surface area contributed by atoms with Gasteiger partial charge in [-0.3, -0.25) is 0 Å². The van der Waals surface area contributed by atoms with E-state index in [2.05, 4.69) is 48.3 Å². The Labute approximate surface area is 123 Å². The van der Waals surface area contributed by atoms with Crippen LogP contribution in [0.1, 0.15) is 11.1 Å². The average molecular weight is 280 g/mol. The van der Waals surface area contributed by atoms with Crippen LogP contribution in [0.25, 0.3) is 10.9 Å². The van der Waals surface area contributed by atoms with Gasteiger partial charge in [0.05, 0.1) is 5.52 Å². The topological polar surface area (TPSA) is 38.9 Å². The molecule has 0 aliphatic carbocycles. The molecule has 3 heteroatoms. The van der Waals surface area contributed by atoms with Crippen LogP contribution in [-0.2, 0) is 5.75 Å². The van der Waals surface area contributed by atoms with Crippen LogP contribution in [0.2, 0.25) is 0 Å². The smallest absolute Gasteiger partial charge is 0.128 e. The predicted molar refractivity (Wildman–Crippen MR) is 86.9 cm³/mol. The molecule has 100 valence electrons. The molecule has 0 aliphatic heterocycles. The Kier molecular flexibility index (Phi) is 3.61. The van der Waals surface area contributed by atoms with Crippen LogP contribution in [0.3, 0.4) is 0 Å². The van der Waals surface area contributed by atoms with Gasteiger partial charge in [-0.1, -0.05) is 35.9 Å². The van der Waals surface area contributed by atoms with Gasteiger partial charge in [-0.15, -0.1) is 11.8 Å². The molecule has 0 bridgehead atoms. The monoisotopic (exact) mass is 280 g/mol. The van der Waals surface area contributed by atoms with Crippen molar-refractivity contribution in [2.24, 2.45) is 0 Å². The summed E-state index contributed by atoms with van der Waals surface area (Å²) in [5.74, 6) is 1.47. The van der Waals surface area contributed by atoms with Crippen molar-refractivity contribution in [1.82, 2.24) is 4.98 Å². The number of nitrogen functional groups attached to an aromatic ring is 1. The zero-order chi connectivity index (χ0) is 13.9. The molecule has 2 aromatic carbocycles. The molecule has 0 atom stereocenters. The molecule has 0 aliphatic rings. The van der Waals surface area contributed by atoms with E-state index in [-0.39, 0.29) is 0 Å². The van der Waals surface area contributed by atoms with Crippen LogP contribution >= 0.6 is 11.8 Å². The first-order valence-corrected chi connectivity index (χ1v) is 7.54. The van der Waals surface area contributed by atoms with Crippen molar-refractivity contribution in [2.45, 2.75) is 17.6 Å². The van der Waals surface area contributed by atoms with Crippen molar-refractivity contribution < 1.29 is 0 Å². The highest BCUT2D eigenvalue weighted by Gasteiger charge is 2.05. The first kappa shape index (κ1) is 13.0. The summed E-state index contributed by atoms with van der Waals surface area (Å²) < 4.78 is 0. The Morgan fingerprint density at radius 1 is 1.05 bits per heavy atom. The maximum absolute atomic E-state index is 6.06. The van der Waals surface area contributed by atoms with E-state index < -0.39 is 0 Å². The quantitative estimate of drug-likeness (QED) is 0.722. The van der Waals surface area contributed by atoms with Crippen molar-refractivity contribution in [3.8, 4) is 0 Å². The van der Waals surface area contributed by atoms with E-state index in [0.29, 0.717) is 5.82 Å². The number of nitrogens with two attached hydrogens (primary N) is 1. The van der Waals surface area contributed by atoms with Gasteiger partial charge in [-0.25, -0.2) is 4.98 Å². The van der Waals surface area contributed by atoms with Crippen LogP contribution in [0.5, 0.6) is 0 Å². The number of aromatic nitrogens is 1. The molecule has 0 radical (unpaired) electrons. The standard InChI is InChI=1S/C17H16N2S/c1-12-5-4-7-15(9-12)20-11-14-10-13-6-2-3-8-16(13)19-17(14)18/h2-10H,11H2,1H3,(H2,18,19). The fourth-order valence-electron chi connectivity index (χ4n) is 2.16. The van der Waals surface area contributed by atoms with E-state index >= 15 is 0 Å². The summed E-state index contributed by atoms with van der Waals surface area (Å²) >= 11 is 1.79. The molecule has 2 N–H and O–H groups in total. The largest absolute Gasteiger partial charge is 0.383 e. The number of anilines is 1. The van der Waals surface area contributed by atoms with Crippen molar-refractivity contribution in [3.63, 3.8) is 0 Å². The molecule has 20 heavy (non-hydrogen) atoms. The third kappa shape index (κ3) is 2.78. The lowest BCUT2D eigenvalue weighted by molar-refractivity contribution is 1.30. The summed E-state index contributed by atoms with van der Waals surface area (Å²) in [6, 6.07) is 18.7. The number of nitrogens with zero attached hydrogens (tertiary/aromatic N) is 1. The molecular weight excluding hydrogens is 264 g/mol. The van der Waals surface area contributed by atoms with E-state index in [1.165, 1.54) is 10.5 Å². The summed E-state index contributed by atoms with van der Waals surface area (Å²) in [5, 5.41) is 1.14. The highest BCUT2D eigenvalue weighted by molar-refractivity contribution is 7.98. The lowest BCUT2D eigenvalue weighted by Gasteiger charge is -2.07. The molecule has 0 saturated carbocycles. The minimum Gasteiger partial charge on any atom is -0.383 e. The number of rotatable bonds is 3. The summed E-state index contributed by atoms with van der Waals surface area (Å²) in [6.07, 6.45) is 0. The number of hydrogen-bond donors (Lipinski definition) is 1.